The number of carbonyl (C=O) groups is 1. The Hall–Kier alpha value is -3.60. The lowest BCUT2D eigenvalue weighted by Crippen LogP contribution is -2.20. The molecule has 4 aromatic rings. The van der Waals surface area contributed by atoms with Crippen LogP contribution in [0.3, 0.4) is 0 Å². The summed E-state index contributed by atoms with van der Waals surface area (Å²) in [5.74, 6) is 0.339. The minimum atomic E-state index is -0.294. The number of anilines is 1. The summed E-state index contributed by atoms with van der Waals surface area (Å²) in [4.78, 5) is 24.9. The molecule has 1 amide bonds. The molecule has 152 valence electrons. The molecule has 0 spiro atoms. The Morgan fingerprint density at radius 1 is 0.933 bits per heavy atom. The lowest BCUT2D eigenvalue weighted by molar-refractivity contribution is -0.118. The fourth-order valence-corrected chi connectivity index (χ4v) is 3.28. The Morgan fingerprint density at radius 3 is 2.37 bits per heavy atom. The standard InChI is InChI=1S/C25H23NO4/c1-25(2,3)16-8-11-18(12-9-16)29-15-23(27)26-17-10-13-20-22(14-17)30-21-7-5-4-6-19(21)24(20)28/h4-14H,15H2,1-3H3,(H,26,27). The summed E-state index contributed by atoms with van der Waals surface area (Å²) < 4.78 is 11.4. The third-order valence-corrected chi connectivity index (χ3v) is 4.95. The topological polar surface area (TPSA) is 68.5 Å². The number of hydrogen-bond acceptors (Lipinski definition) is 4. The molecule has 0 aliphatic heterocycles. The Labute approximate surface area is 174 Å². The van der Waals surface area contributed by atoms with E-state index in [0.717, 1.165) is 0 Å². The van der Waals surface area contributed by atoms with Gasteiger partial charge in [-0.25, -0.2) is 0 Å². The SMILES string of the molecule is CC(C)(C)c1ccc(OCC(=O)Nc2ccc3c(=O)c4ccccc4oc3c2)cc1. The molecule has 0 aliphatic rings. The number of rotatable bonds is 4. The second kappa shape index (κ2) is 7.67. The summed E-state index contributed by atoms with van der Waals surface area (Å²) in [6.07, 6.45) is 0. The van der Waals surface area contributed by atoms with Crippen LogP contribution >= 0.6 is 0 Å². The van der Waals surface area contributed by atoms with Gasteiger partial charge in [0.15, 0.2) is 6.61 Å². The molecular formula is C25H23NO4. The second-order valence-electron chi connectivity index (χ2n) is 8.25. The van der Waals surface area contributed by atoms with Gasteiger partial charge in [-0.1, -0.05) is 45.0 Å². The minimum Gasteiger partial charge on any atom is -0.484 e. The molecule has 0 saturated heterocycles. The number of carbonyl (C=O) groups excluding carboxylic acids is 1. The van der Waals surface area contributed by atoms with Crippen LogP contribution in [-0.2, 0) is 10.2 Å². The van der Waals surface area contributed by atoms with E-state index in [0.29, 0.717) is 33.4 Å². The summed E-state index contributed by atoms with van der Waals surface area (Å²) >= 11 is 0. The molecular weight excluding hydrogens is 378 g/mol. The second-order valence-corrected chi connectivity index (χ2v) is 8.25. The van der Waals surface area contributed by atoms with Crippen molar-refractivity contribution in [1.82, 2.24) is 0 Å². The minimum absolute atomic E-state index is 0.0618. The van der Waals surface area contributed by atoms with Crippen LogP contribution < -0.4 is 15.5 Å². The molecule has 0 radical (unpaired) electrons. The van der Waals surface area contributed by atoms with Crippen molar-refractivity contribution in [2.24, 2.45) is 0 Å². The van der Waals surface area contributed by atoms with Gasteiger partial charge in [-0.15, -0.1) is 0 Å². The molecule has 0 aliphatic carbocycles. The van der Waals surface area contributed by atoms with Crippen molar-refractivity contribution in [2.45, 2.75) is 26.2 Å². The number of nitrogens with one attached hydrogen (secondary N) is 1. The normalized spacial score (nSPS) is 11.6. The van der Waals surface area contributed by atoms with Crippen LogP contribution in [-0.4, -0.2) is 12.5 Å². The van der Waals surface area contributed by atoms with Crippen molar-refractivity contribution in [3.8, 4) is 5.75 Å². The molecule has 1 N–H and O–H groups in total. The monoisotopic (exact) mass is 401 g/mol. The summed E-state index contributed by atoms with van der Waals surface area (Å²) in [7, 11) is 0. The molecule has 0 saturated carbocycles. The molecule has 4 rings (SSSR count). The average molecular weight is 401 g/mol. The molecule has 30 heavy (non-hydrogen) atoms. The van der Waals surface area contributed by atoms with E-state index in [2.05, 4.69) is 26.1 Å². The predicted octanol–water partition coefficient (Wildman–Crippen LogP) is 5.26. The number of hydrogen-bond donors (Lipinski definition) is 1. The van der Waals surface area contributed by atoms with Gasteiger partial charge < -0.3 is 14.5 Å². The lowest BCUT2D eigenvalue weighted by atomic mass is 9.87. The Kier molecular flexibility index (Phi) is 5.04. The van der Waals surface area contributed by atoms with E-state index in [4.69, 9.17) is 9.15 Å². The molecule has 0 unspecified atom stereocenters. The van der Waals surface area contributed by atoms with Crippen LogP contribution in [0, 0.1) is 0 Å². The van der Waals surface area contributed by atoms with Crippen LogP contribution in [0.25, 0.3) is 21.9 Å². The first-order chi connectivity index (χ1) is 14.3. The van der Waals surface area contributed by atoms with E-state index in [1.807, 2.05) is 30.3 Å². The van der Waals surface area contributed by atoms with Crippen molar-refractivity contribution in [1.29, 1.82) is 0 Å². The number of ether oxygens (including phenoxy) is 1. The van der Waals surface area contributed by atoms with E-state index in [9.17, 15) is 9.59 Å². The van der Waals surface area contributed by atoms with E-state index >= 15 is 0 Å². The molecule has 5 heteroatoms. The highest BCUT2D eigenvalue weighted by molar-refractivity contribution is 5.96. The largest absolute Gasteiger partial charge is 0.484 e. The van der Waals surface area contributed by atoms with Crippen molar-refractivity contribution in [3.05, 3.63) is 82.5 Å². The van der Waals surface area contributed by atoms with Crippen molar-refractivity contribution in [3.63, 3.8) is 0 Å². The third-order valence-electron chi connectivity index (χ3n) is 4.95. The van der Waals surface area contributed by atoms with Gasteiger partial charge in [-0.05, 0) is 47.4 Å². The fraction of sp³-hybridized carbons (Fsp3) is 0.200. The van der Waals surface area contributed by atoms with Gasteiger partial charge in [0.2, 0.25) is 5.43 Å². The number of para-hydroxylation sites is 1. The van der Waals surface area contributed by atoms with Crippen LogP contribution in [0.5, 0.6) is 5.75 Å². The molecule has 5 nitrogen and oxygen atoms in total. The average Bonchev–Trinajstić information content (AvgIpc) is 2.72. The van der Waals surface area contributed by atoms with Crippen LogP contribution in [0.2, 0.25) is 0 Å². The zero-order valence-electron chi connectivity index (χ0n) is 17.2. The molecule has 0 atom stereocenters. The Balaban J connectivity index is 1.46. The maximum Gasteiger partial charge on any atom is 0.262 e. The first kappa shape index (κ1) is 19.7. The molecule has 1 aromatic heterocycles. The summed E-state index contributed by atoms with van der Waals surface area (Å²) in [6.45, 7) is 6.31. The number of amides is 1. The molecule has 1 heterocycles. The van der Waals surface area contributed by atoms with Gasteiger partial charge in [-0.2, -0.15) is 0 Å². The maximum atomic E-state index is 12.6. The number of fused-ring (bicyclic) bond motifs is 2. The van der Waals surface area contributed by atoms with Crippen LogP contribution in [0.4, 0.5) is 5.69 Å². The van der Waals surface area contributed by atoms with Gasteiger partial charge in [0.05, 0.1) is 10.8 Å². The fourth-order valence-electron chi connectivity index (χ4n) is 3.28. The lowest BCUT2D eigenvalue weighted by Gasteiger charge is -2.19. The van der Waals surface area contributed by atoms with Crippen molar-refractivity contribution in [2.75, 3.05) is 11.9 Å². The number of benzene rings is 3. The highest BCUT2D eigenvalue weighted by atomic mass is 16.5. The summed E-state index contributed by atoms with van der Waals surface area (Å²) in [6, 6.07) is 19.8. The Bertz CT molecular complexity index is 1280. The molecule has 0 bridgehead atoms. The quantitative estimate of drug-likeness (QED) is 0.474. The first-order valence-electron chi connectivity index (χ1n) is 9.80. The van der Waals surface area contributed by atoms with Crippen LogP contribution in [0.15, 0.2) is 75.9 Å². The molecule has 0 fully saturated rings. The first-order valence-corrected chi connectivity index (χ1v) is 9.80. The van der Waals surface area contributed by atoms with E-state index < -0.39 is 0 Å². The van der Waals surface area contributed by atoms with E-state index in [1.165, 1.54) is 5.56 Å². The summed E-state index contributed by atoms with van der Waals surface area (Å²) in [5.41, 5.74) is 2.65. The zero-order valence-corrected chi connectivity index (χ0v) is 17.2. The predicted molar refractivity (Wildman–Crippen MR) is 119 cm³/mol. The van der Waals surface area contributed by atoms with Gasteiger partial charge in [0.1, 0.15) is 16.9 Å². The zero-order chi connectivity index (χ0) is 21.3. The van der Waals surface area contributed by atoms with E-state index in [1.54, 1.807) is 36.4 Å². The van der Waals surface area contributed by atoms with E-state index in [-0.39, 0.29) is 23.4 Å². The highest BCUT2D eigenvalue weighted by Crippen LogP contribution is 2.24. The summed E-state index contributed by atoms with van der Waals surface area (Å²) in [5, 5.41) is 3.79. The van der Waals surface area contributed by atoms with Gasteiger partial charge in [-0.3, -0.25) is 9.59 Å². The van der Waals surface area contributed by atoms with Crippen molar-refractivity contribution < 1.29 is 13.9 Å². The van der Waals surface area contributed by atoms with Gasteiger partial charge >= 0.3 is 0 Å². The maximum absolute atomic E-state index is 12.6. The molecule has 3 aromatic carbocycles. The van der Waals surface area contributed by atoms with Gasteiger partial charge in [0.25, 0.3) is 5.91 Å². The smallest absolute Gasteiger partial charge is 0.262 e. The van der Waals surface area contributed by atoms with Crippen LogP contribution in [0.1, 0.15) is 26.3 Å². The Morgan fingerprint density at radius 2 is 1.63 bits per heavy atom. The highest BCUT2D eigenvalue weighted by Gasteiger charge is 2.13. The third kappa shape index (κ3) is 4.06. The van der Waals surface area contributed by atoms with Crippen molar-refractivity contribution >= 4 is 33.5 Å². The van der Waals surface area contributed by atoms with Gasteiger partial charge in [0, 0.05) is 11.8 Å².